The van der Waals surface area contributed by atoms with Crippen molar-refractivity contribution in [2.24, 2.45) is 0 Å². The molecular formula is C13H14N4O2. The lowest BCUT2D eigenvalue weighted by Crippen LogP contribution is -2.22. The molecule has 98 valence electrons. The van der Waals surface area contributed by atoms with E-state index >= 15 is 0 Å². The van der Waals surface area contributed by atoms with E-state index in [9.17, 15) is 5.11 Å². The number of aliphatic hydroxyl groups is 2. The monoisotopic (exact) mass is 258 g/mol. The van der Waals surface area contributed by atoms with E-state index in [4.69, 9.17) is 10.4 Å². The van der Waals surface area contributed by atoms with Crippen LogP contribution in [0.15, 0.2) is 30.3 Å². The van der Waals surface area contributed by atoms with Gasteiger partial charge in [-0.3, -0.25) is 0 Å². The van der Waals surface area contributed by atoms with Gasteiger partial charge in [-0.2, -0.15) is 5.26 Å². The minimum Gasteiger partial charge on any atom is -0.394 e. The summed E-state index contributed by atoms with van der Waals surface area (Å²) >= 11 is 0. The molecule has 0 saturated carbocycles. The number of benzene rings is 1. The van der Waals surface area contributed by atoms with Crippen LogP contribution in [0, 0.1) is 11.3 Å². The summed E-state index contributed by atoms with van der Waals surface area (Å²) in [5, 5.41) is 35.0. The molecule has 0 aliphatic carbocycles. The van der Waals surface area contributed by atoms with Gasteiger partial charge in [-0.1, -0.05) is 35.5 Å². The second kappa shape index (κ2) is 6.09. The van der Waals surface area contributed by atoms with Crippen LogP contribution < -0.4 is 0 Å². The zero-order valence-electron chi connectivity index (χ0n) is 10.3. The van der Waals surface area contributed by atoms with Gasteiger partial charge >= 0.3 is 0 Å². The summed E-state index contributed by atoms with van der Waals surface area (Å²) in [6, 6.07) is 11.6. The predicted molar refractivity (Wildman–Crippen MR) is 67.1 cm³/mol. The molecule has 0 aliphatic rings. The number of nitrogens with zero attached hydrogens (tertiary/aromatic N) is 4. The van der Waals surface area contributed by atoms with Crippen LogP contribution in [0.3, 0.4) is 0 Å². The lowest BCUT2D eigenvalue weighted by Gasteiger charge is -2.10. The minimum absolute atomic E-state index is 0.118. The Morgan fingerprint density at radius 1 is 1.32 bits per heavy atom. The summed E-state index contributed by atoms with van der Waals surface area (Å²) in [4.78, 5) is 0. The van der Waals surface area contributed by atoms with Crippen LogP contribution in [0.1, 0.15) is 17.0 Å². The molecule has 0 fully saturated rings. The summed E-state index contributed by atoms with van der Waals surface area (Å²) in [7, 11) is 0. The SMILES string of the molecule is N#Cc1nnn(CC(O)CO)c1Cc1ccccc1. The van der Waals surface area contributed by atoms with Gasteiger partial charge in [-0.05, 0) is 5.56 Å². The molecule has 0 bridgehead atoms. The van der Waals surface area contributed by atoms with Crippen LogP contribution in [0.4, 0.5) is 0 Å². The second-order valence-corrected chi connectivity index (χ2v) is 4.18. The van der Waals surface area contributed by atoms with Crippen molar-refractivity contribution in [1.29, 1.82) is 5.26 Å². The van der Waals surface area contributed by atoms with Crippen LogP contribution in [0.25, 0.3) is 0 Å². The molecular weight excluding hydrogens is 244 g/mol. The van der Waals surface area contributed by atoms with Gasteiger partial charge in [0.2, 0.25) is 0 Å². The molecule has 1 unspecified atom stereocenters. The van der Waals surface area contributed by atoms with E-state index in [1.54, 1.807) is 0 Å². The Morgan fingerprint density at radius 2 is 2.05 bits per heavy atom. The molecule has 1 atom stereocenters. The number of aromatic nitrogens is 3. The molecule has 1 aromatic heterocycles. The second-order valence-electron chi connectivity index (χ2n) is 4.18. The Balaban J connectivity index is 2.27. The number of aliphatic hydroxyl groups excluding tert-OH is 2. The van der Waals surface area contributed by atoms with E-state index in [0.29, 0.717) is 12.1 Å². The lowest BCUT2D eigenvalue weighted by atomic mass is 10.1. The Labute approximate surface area is 110 Å². The van der Waals surface area contributed by atoms with Gasteiger partial charge in [0.15, 0.2) is 5.69 Å². The maximum atomic E-state index is 9.46. The van der Waals surface area contributed by atoms with Crippen LogP contribution in [0.5, 0.6) is 0 Å². The average molecular weight is 258 g/mol. The zero-order chi connectivity index (χ0) is 13.7. The van der Waals surface area contributed by atoms with Gasteiger partial charge in [0.25, 0.3) is 0 Å². The Morgan fingerprint density at radius 3 is 2.68 bits per heavy atom. The van der Waals surface area contributed by atoms with E-state index in [1.807, 2.05) is 36.4 Å². The largest absolute Gasteiger partial charge is 0.394 e. The maximum Gasteiger partial charge on any atom is 0.186 e. The van der Waals surface area contributed by atoms with Crippen LogP contribution in [-0.2, 0) is 13.0 Å². The molecule has 6 heteroatoms. The topological polar surface area (TPSA) is 95.0 Å². The first kappa shape index (κ1) is 13.2. The zero-order valence-corrected chi connectivity index (χ0v) is 10.3. The summed E-state index contributed by atoms with van der Waals surface area (Å²) < 4.78 is 1.46. The molecule has 0 amide bonds. The van der Waals surface area contributed by atoms with Gasteiger partial charge in [0.05, 0.1) is 24.9 Å². The minimum atomic E-state index is -0.914. The average Bonchev–Trinajstić information content (AvgIpc) is 2.82. The van der Waals surface area contributed by atoms with Crippen molar-refractivity contribution in [3.8, 4) is 6.07 Å². The molecule has 2 N–H and O–H groups in total. The summed E-state index contributed by atoms with van der Waals surface area (Å²) in [5.74, 6) is 0. The fraction of sp³-hybridized carbons (Fsp3) is 0.308. The first-order chi connectivity index (χ1) is 9.24. The number of nitriles is 1. The Hall–Kier alpha value is -2.23. The lowest BCUT2D eigenvalue weighted by molar-refractivity contribution is 0.0771. The van der Waals surface area contributed by atoms with Gasteiger partial charge < -0.3 is 10.2 Å². The molecule has 6 nitrogen and oxygen atoms in total. The predicted octanol–water partition coefficient (Wildman–Crippen LogP) is 0.0938. The Kier molecular flexibility index (Phi) is 4.23. The maximum absolute atomic E-state index is 9.46. The van der Waals surface area contributed by atoms with E-state index in [1.165, 1.54) is 4.68 Å². The van der Waals surface area contributed by atoms with E-state index in [-0.39, 0.29) is 18.8 Å². The fourth-order valence-corrected chi connectivity index (χ4v) is 1.79. The van der Waals surface area contributed by atoms with Crippen molar-refractivity contribution in [3.05, 3.63) is 47.3 Å². The highest BCUT2D eigenvalue weighted by Crippen LogP contribution is 2.12. The van der Waals surface area contributed by atoms with Crippen molar-refractivity contribution in [2.45, 2.75) is 19.1 Å². The van der Waals surface area contributed by atoms with E-state index < -0.39 is 6.10 Å². The highest BCUT2D eigenvalue weighted by Gasteiger charge is 2.15. The first-order valence-corrected chi connectivity index (χ1v) is 5.90. The molecule has 0 aliphatic heterocycles. The molecule has 1 heterocycles. The van der Waals surface area contributed by atoms with Crippen LogP contribution in [-0.4, -0.2) is 37.9 Å². The number of hydrogen-bond donors (Lipinski definition) is 2. The van der Waals surface area contributed by atoms with Crippen molar-refractivity contribution < 1.29 is 10.2 Å². The van der Waals surface area contributed by atoms with E-state index in [0.717, 1.165) is 5.56 Å². The van der Waals surface area contributed by atoms with Crippen molar-refractivity contribution in [2.75, 3.05) is 6.61 Å². The summed E-state index contributed by atoms with van der Waals surface area (Å²) in [5.41, 5.74) is 1.91. The quantitative estimate of drug-likeness (QED) is 0.792. The molecule has 0 radical (unpaired) electrons. The summed E-state index contributed by atoms with van der Waals surface area (Å²) in [6.07, 6.45) is -0.405. The highest BCUT2D eigenvalue weighted by atomic mass is 16.3. The van der Waals surface area contributed by atoms with Crippen LogP contribution in [0.2, 0.25) is 0 Å². The third-order valence-corrected chi connectivity index (χ3v) is 2.75. The highest BCUT2D eigenvalue weighted by molar-refractivity contribution is 5.30. The normalized spacial score (nSPS) is 12.1. The number of hydrogen-bond acceptors (Lipinski definition) is 5. The standard InChI is InChI=1S/C13H14N4O2/c14-7-12-13(6-10-4-2-1-3-5-10)17(16-15-12)8-11(19)9-18/h1-5,11,18-19H,6,8-9H2. The molecule has 1 aromatic carbocycles. The molecule has 2 aromatic rings. The van der Waals surface area contributed by atoms with Gasteiger partial charge in [-0.15, -0.1) is 5.10 Å². The van der Waals surface area contributed by atoms with Crippen molar-refractivity contribution in [3.63, 3.8) is 0 Å². The van der Waals surface area contributed by atoms with Gasteiger partial charge in [-0.25, -0.2) is 4.68 Å². The molecule has 0 spiro atoms. The molecule has 2 rings (SSSR count). The van der Waals surface area contributed by atoms with Crippen molar-refractivity contribution in [1.82, 2.24) is 15.0 Å². The van der Waals surface area contributed by atoms with E-state index in [2.05, 4.69) is 10.3 Å². The van der Waals surface area contributed by atoms with Gasteiger partial charge in [0.1, 0.15) is 6.07 Å². The third-order valence-electron chi connectivity index (χ3n) is 2.75. The number of rotatable bonds is 5. The van der Waals surface area contributed by atoms with Crippen LogP contribution >= 0.6 is 0 Å². The van der Waals surface area contributed by atoms with Gasteiger partial charge in [0, 0.05) is 6.42 Å². The summed E-state index contributed by atoms with van der Waals surface area (Å²) in [6.45, 7) is -0.236. The molecule has 19 heavy (non-hydrogen) atoms. The smallest absolute Gasteiger partial charge is 0.186 e. The fourth-order valence-electron chi connectivity index (χ4n) is 1.79. The Bertz CT molecular complexity index is 574. The molecule has 0 saturated heterocycles. The van der Waals surface area contributed by atoms with Crippen molar-refractivity contribution >= 4 is 0 Å². The first-order valence-electron chi connectivity index (χ1n) is 5.90. The third kappa shape index (κ3) is 3.16.